The van der Waals surface area contributed by atoms with Gasteiger partial charge in [-0.25, -0.2) is 0 Å². The van der Waals surface area contributed by atoms with Gasteiger partial charge in [0.25, 0.3) is 0 Å². The minimum absolute atomic E-state index is 0.247. The first-order valence-corrected chi connectivity index (χ1v) is 6.21. The lowest BCUT2D eigenvalue weighted by molar-refractivity contribution is 0.248. The zero-order valence-electron chi connectivity index (χ0n) is 11.5. The third-order valence-corrected chi connectivity index (χ3v) is 2.89. The second-order valence-corrected chi connectivity index (χ2v) is 4.35. The summed E-state index contributed by atoms with van der Waals surface area (Å²) in [5, 5.41) is 8.78. The lowest BCUT2D eigenvalue weighted by Gasteiger charge is -2.16. The molecule has 102 valence electrons. The molecule has 0 amide bonds. The summed E-state index contributed by atoms with van der Waals surface area (Å²) < 4.78 is 10.5. The van der Waals surface area contributed by atoms with Crippen molar-refractivity contribution in [3.63, 3.8) is 0 Å². The molecule has 18 heavy (non-hydrogen) atoms. The Balaban J connectivity index is 2.55. The third-order valence-electron chi connectivity index (χ3n) is 2.89. The Bertz CT molecular complexity index is 333. The van der Waals surface area contributed by atoms with Crippen LogP contribution in [0.25, 0.3) is 0 Å². The molecule has 0 aromatic heterocycles. The maximum Gasteiger partial charge on any atom is 0.122 e. The minimum atomic E-state index is 0.247. The van der Waals surface area contributed by atoms with Gasteiger partial charge in [0.05, 0.1) is 14.2 Å². The van der Waals surface area contributed by atoms with Crippen molar-refractivity contribution in [2.24, 2.45) is 0 Å². The van der Waals surface area contributed by atoms with E-state index < -0.39 is 0 Å². The van der Waals surface area contributed by atoms with Crippen LogP contribution < -0.4 is 9.47 Å². The summed E-state index contributed by atoms with van der Waals surface area (Å²) in [6.45, 7) is 2.12. The Kier molecular flexibility index (Phi) is 6.54. The van der Waals surface area contributed by atoms with Crippen molar-refractivity contribution in [2.45, 2.75) is 12.8 Å². The lowest BCUT2D eigenvalue weighted by atomic mass is 10.1. The van der Waals surface area contributed by atoms with Gasteiger partial charge in [-0.2, -0.15) is 0 Å². The number of aliphatic hydroxyl groups excluding tert-OH is 1. The number of likely N-dealkylation sites (N-methyl/N-ethyl adjacent to an activating group) is 1. The maximum absolute atomic E-state index is 8.78. The molecule has 0 aliphatic rings. The van der Waals surface area contributed by atoms with Gasteiger partial charge in [0, 0.05) is 25.8 Å². The Morgan fingerprint density at radius 3 is 2.17 bits per heavy atom. The molecule has 0 heterocycles. The van der Waals surface area contributed by atoms with Gasteiger partial charge < -0.3 is 19.5 Å². The van der Waals surface area contributed by atoms with Crippen molar-refractivity contribution in [1.82, 2.24) is 4.90 Å². The zero-order chi connectivity index (χ0) is 13.4. The molecular formula is C14H23NO3. The van der Waals surface area contributed by atoms with Gasteiger partial charge >= 0.3 is 0 Å². The van der Waals surface area contributed by atoms with Gasteiger partial charge in [-0.05, 0) is 37.6 Å². The SMILES string of the molecule is COc1cc(CCN(C)CCCO)cc(OC)c1. The normalized spacial score (nSPS) is 10.7. The van der Waals surface area contributed by atoms with E-state index in [0.717, 1.165) is 37.4 Å². The maximum atomic E-state index is 8.78. The molecule has 1 aromatic rings. The van der Waals surface area contributed by atoms with Crippen molar-refractivity contribution in [2.75, 3.05) is 41.0 Å². The van der Waals surface area contributed by atoms with Gasteiger partial charge in [-0.1, -0.05) is 0 Å². The van der Waals surface area contributed by atoms with E-state index in [1.165, 1.54) is 5.56 Å². The number of rotatable bonds is 8. The summed E-state index contributed by atoms with van der Waals surface area (Å²) in [5.74, 6) is 1.64. The fourth-order valence-corrected chi connectivity index (χ4v) is 1.78. The molecule has 4 heteroatoms. The van der Waals surface area contributed by atoms with Crippen molar-refractivity contribution in [3.8, 4) is 11.5 Å². The van der Waals surface area contributed by atoms with Crippen molar-refractivity contribution < 1.29 is 14.6 Å². The molecule has 0 aliphatic carbocycles. The van der Waals surface area contributed by atoms with Gasteiger partial charge in [0.1, 0.15) is 11.5 Å². The average Bonchev–Trinajstić information content (AvgIpc) is 2.42. The average molecular weight is 253 g/mol. The van der Waals surface area contributed by atoms with E-state index in [1.54, 1.807) is 14.2 Å². The molecule has 4 nitrogen and oxygen atoms in total. The summed E-state index contributed by atoms with van der Waals surface area (Å²) >= 11 is 0. The molecule has 0 bridgehead atoms. The molecule has 0 fully saturated rings. The molecule has 0 radical (unpaired) electrons. The summed E-state index contributed by atoms with van der Waals surface area (Å²) in [5.41, 5.74) is 1.20. The van der Waals surface area contributed by atoms with Gasteiger partial charge in [0.2, 0.25) is 0 Å². The van der Waals surface area contributed by atoms with E-state index in [9.17, 15) is 0 Å². The van der Waals surface area contributed by atoms with Gasteiger partial charge in [0.15, 0.2) is 0 Å². The lowest BCUT2D eigenvalue weighted by Crippen LogP contribution is -2.23. The number of ether oxygens (including phenoxy) is 2. The van der Waals surface area contributed by atoms with E-state index in [2.05, 4.69) is 11.9 Å². The highest BCUT2D eigenvalue weighted by Gasteiger charge is 2.04. The minimum Gasteiger partial charge on any atom is -0.497 e. The topological polar surface area (TPSA) is 41.9 Å². The Morgan fingerprint density at radius 1 is 1.06 bits per heavy atom. The number of methoxy groups -OCH3 is 2. The summed E-state index contributed by atoms with van der Waals surface area (Å²) in [6.07, 6.45) is 1.76. The molecule has 0 saturated heterocycles. The highest BCUT2D eigenvalue weighted by Crippen LogP contribution is 2.22. The Hall–Kier alpha value is -1.26. The molecule has 1 N–H and O–H groups in total. The first-order valence-electron chi connectivity index (χ1n) is 6.21. The fourth-order valence-electron chi connectivity index (χ4n) is 1.78. The van der Waals surface area contributed by atoms with Crippen LogP contribution in [-0.4, -0.2) is 51.0 Å². The molecule has 0 unspecified atom stereocenters. The number of nitrogens with zero attached hydrogens (tertiary/aromatic N) is 1. The summed E-state index contributed by atoms with van der Waals surface area (Å²) in [4.78, 5) is 2.21. The van der Waals surface area contributed by atoms with Crippen LogP contribution in [0.5, 0.6) is 11.5 Å². The zero-order valence-corrected chi connectivity index (χ0v) is 11.5. The molecule has 0 saturated carbocycles. The van der Waals surface area contributed by atoms with Crippen LogP contribution in [0.15, 0.2) is 18.2 Å². The molecule has 1 rings (SSSR count). The molecule has 0 spiro atoms. The first-order chi connectivity index (χ1) is 8.69. The van der Waals surface area contributed by atoms with E-state index in [1.807, 2.05) is 18.2 Å². The number of hydrogen-bond donors (Lipinski definition) is 1. The van der Waals surface area contributed by atoms with Crippen molar-refractivity contribution in [1.29, 1.82) is 0 Å². The van der Waals surface area contributed by atoms with Gasteiger partial charge in [-0.3, -0.25) is 0 Å². The van der Waals surface area contributed by atoms with Crippen molar-refractivity contribution in [3.05, 3.63) is 23.8 Å². The number of hydrogen-bond acceptors (Lipinski definition) is 4. The molecule has 0 aliphatic heterocycles. The Labute approximate surface area is 109 Å². The predicted molar refractivity (Wildman–Crippen MR) is 72.4 cm³/mol. The second-order valence-electron chi connectivity index (χ2n) is 4.35. The van der Waals surface area contributed by atoms with E-state index >= 15 is 0 Å². The van der Waals surface area contributed by atoms with E-state index in [0.29, 0.717) is 0 Å². The van der Waals surface area contributed by atoms with Crippen LogP contribution in [0.1, 0.15) is 12.0 Å². The van der Waals surface area contributed by atoms with Crippen LogP contribution in [-0.2, 0) is 6.42 Å². The predicted octanol–water partition coefficient (Wildman–Crippen LogP) is 1.56. The number of aliphatic hydroxyl groups is 1. The first kappa shape index (κ1) is 14.8. The monoisotopic (exact) mass is 253 g/mol. The van der Waals surface area contributed by atoms with Crippen LogP contribution in [0.2, 0.25) is 0 Å². The Morgan fingerprint density at radius 2 is 1.67 bits per heavy atom. The largest absolute Gasteiger partial charge is 0.497 e. The van der Waals surface area contributed by atoms with Crippen LogP contribution in [0.4, 0.5) is 0 Å². The summed E-state index contributed by atoms with van der Waals surface area (Å²) in [6, 6.07) is 5.93. The third kappa shape index (κ3) is 4.94. The van der Waals surface area contributed by atoms with Crippen LogP contribution in [0, 0.1) is 0 Å². The number of benzene rings is 1. The molecule has 1 aromatic carbocycles. The quantitative estimate of drug-likeness (QED) is 0.763. The molecular weight excluding hydrogens is 230 g/mol. The highest BCUT2D eigenvalue weighted by atomic mass is 16.5. The molecule has 0 atom stereocenters. The van der Waals surface area contributed by atoms with Gasteiger partial charge in [-0.15, -0.1) is 0 Å². The standard InChI is InChI=1S/C14H23NO3/c1-15(6-4-8-16)7-5-12-9-13(17-2)11-14(10-12)18-3/h9-11,16H,4-8H2,1-3H3. The van der Waals surface area contributed by atoms with E-state index in [4.69, 9.17) is 14.6 Å². The van der Waals surface area contributed by atoms with Crippen molar-refractivity contribution >= 4 is 0 Å². The highest BCUT2D eigenvalue weighted by molar-refractivity contribution is 5.38. The fraction of sp³-hybridized carbons (Fsp3) is 0.571. The smallest absolute Gasteiger partial charge is 0.122 e. The summed E-state index contributed by atoms with van der Waals surface area (Å²) in [7, 11) is 5.38. The second kappa shape index (κ2) is 7.95. The van der Waals surface area contributed by atoms with Crippen LogP contribution >= 0.6 is 0 Å². The van der Waals surface area contributed by atoms with E-state index in [-0.39, 0.29) is 6.61 Å². The van der Waals surface area contributed by atoms with Crippen LogP contribution in [0.3, 0.4) is 0 Å².